The third kappa shape index (κ3) is 3.24. The number of hydrogen-bond acceptors (Lipinski definition) is 4. The number of phenols is 1. The van der Waals surface area contributed by atoms with Crippen molar-refractivity contribution in [3.8, 4) is 5.75 Å². The third-order valence-corrected chi connectivity index (χ3v) is 2.32. The van der Waals surface area contributed by atoms with Gasteiger partial charge in [-0.2, -0.15) is 0 Å². The van der Waals surface area contributed by atoms with E-state index in [0.29, 0.717) is 0 Å². The second kappa shape index (κ2) is 5.51. The molecule has 0 aliphatic rings. The summed E-state index contributed by atoms with van der Waals surface area (Å²) in [6, 6.07) is 6.39. The lowest BCUT2D eigenvalue weighted by Gasteiger charge is -2.15. The van der Waals surface area contributed by atoms with E-state index >= 15 is 0 Å². The number of aliphatic hydroxyl groups excluding tert-OH is 1. The minimum atomic E-state index is -0.493. The maximum absolute atomic E-state index is 11.6. The molecule has 0 saturated carbocycles. The molecule has 4 heteroatoms. The van der Waals surface area contributed by atoms with Crippen molar-refractivity contribution in [3.05, 3.63) is 29.8 Å². The van der Waals surface area contributed by atoms with Crippen LogP contribution in [0.15, 0.2) is 24.3 Å². The molecule has 2 atom stereocenters. The number of aromatic hydroxyl groups is 1. The summed E-state index contributed by atoms with van der Waals surface area (Å²) < 4.78 is 4.99. The smallest absolute Gasteiger partial charge is 0.313 e. The monoisotopic (exact) mass is 224 g/mol. The largest absolute Gasteiger partial charge is 0.508 e. The number of benzene rings is 1. The first-order valence-corrected chi connectivity index (χ1v) is 5.15. The molecule has 0 amide bonds. The quantitative estimate of drug-likeness (QED) is 0.759. The Morgan fingerprint density at radius 1 is 1.31 bits per heavy atom. The fourth-order valence-corrected chi connectivity index (χ4v) is 1.24. The highest BCUT2D eigenvalue weighted by Gasteiger charge is 2.18. The van der Waals surface area contributed by atoms with Gasteiger partial charge in [-0.05, 0) is 31.5 Å². The first kappa shape index (κ1) is 12.5. The van der Waals surface area contributed by atoms with Gasteiger partial charge in [-0.1, -0.05) is 12.1 Å². The van der Waals surface area contributed by atoms with Crippen molar-refractivity contribution in [3.63, 3.8) is 0 Å². The van der Waals surface area contributed by atoms with Gasteiger partial charge in [0, 0.05) is 0 Å². The summed E-state index contributed by atoms with van der Waals surface area (Å²) in [6.07, 6.45) is -0.493. The van der Waals surface area contributed by atoms with Crippen molar-refractivity contribution >= 4 is 5.97 Å². The lowest BCUT2D eigenvalue weighted by molar-refractivity contribution is -0.151. The Hall–Kier alpha value is -1.55. The molecule has 0 bridgehead atoms. The van der Waals surface area contributed by atoms with Gasteiger partial charge in [-0.3, -0.25) is 4.79 Å². The predicted molar refractivity (Wildman–Crippen MR) is 59.2 cm³/mol. The standard InChI is InChI=1S/C12H16O4/c1-8(7-13)16-12(15)9(2)10-3-5-11(14)6-4-10/h3-6,8-9,13-14H,7H2,1-2H3. The van der Waals surface area contributed by atoms with Crippen LogP contribution in [-0.2, 0) is 9.53 Å². The van der Waals surface area contributed by atoms with Gasteiger partial charge in [0.2, 0.25) is 0 Å². The zero-order valence-electron chi connectivity index (χ0n) is 9.38. The molecule has 0 heterocycles. The van der Waals surface area contributed by atoms with Crippen molar-refractivity contribution < 1.29 is 19.7 Å². The fourth-order valence-electron chi connectivity index (χ4n) is 1.24. The minimum absolute atomic E-state index is 0.160. The molecule has 88 valence electrons. The van der Waals surface area contributed by atoms with Crippen LogP contribution in [0, 0.1) is 0 Å². The first-order valence-electron chi connectivity index (χ1n) is 5.15. The molecule has 0 radical (unpaired) electrons. The number of phenolic OH excluding ortho intramolecular Hbond substituents is 1. The molecular formula is C12H16O4. The van der Waals surface area contributed by atoms with Gasteiger partial charge in [0.15, 0.2) is 0 Å². The average molecular weight is 224 g/mol. The molecule has 4 nitrogen and oxygen atoms in total. The normalized spacial score (nSPS) is 14.2. The summed E-state index contributed by atoms with van der Waals surface area (Å²) in [5, 5.41) is 17.9. The molecule has 1 aromatic rings. The molecule has 1 aromatic carbocycles. The first-order chi connectivity index (χ1) is 7.54. The zero-order chi connectivity index (χ0) is 12.1. The Morgan fingerprint density at radius 2 is 1.88 bits per heavy atom. The number of hydrogen-bond donors (Lipinski definition) is 2. The molecule has 1 rings (SSSR count). The summed E-state index contributed by atoms with van der Waals surface area (Å²) >= 11 is 0. The Morgan fingerprint density at radius 3 is 2.38 bits per heavy atom. The second-order valence-corrected chi connectivity index (χ2v) is 3.74. The molecule has 16 heavy (non-hydrogen) atoms. The molecule has 0 aliphatic carbocycles. The summed E-state index contributed by atoms with van der Waals surface area (Å²) in [4.78, 5) is 11.6. The maximum Gasteiger partial charge on any atom is 0.313 e. The highest BCUT2D eigenvalue weighted by atomic mass is 16.6. The van der Waals surface area contributed by atoms with Crippen molar-refractivity contribution in [2.75, 3.05) is 6.61 Å². The second-order valence-electron chi connectivity index (χ2n) is 3.74. The van der Waals surface area contributed by atoms with Gasteiger partial charge in [0.1, 0.15) is 11.9 Å². The maximum atomic E-state index is 11.6. The van der Waals surface area contributed by atoms with Crippen LogP contribution in [-0.4, -0.2) is 28.9 Å². The molecule has 2 unspecified atom stereocenters. The molecule has 2 N–H and O–H groups in total. The van der Waals surface area contributed by atoms with E-state index in [4.69, 9.17) is 14.9 Å². The zero-order valence-corrected chi connectivity index (χ0v) is 9.38. The van der Waals surface area contributed by atoms with E-state index < -0.39 is 12.0 Å². The van der Waals surface area contributed by atoms with Crippen molar-refractivity contribution in [1.29, 1.82) is 0 Å². The van der Waals surface area contributed by atoms with Crippen LogP contribution in [0.4, 0.5) is 0 Å². The number of carbonyl (C=O) groups is 1. The molecular weight excluding hydrogens is 208 g/mol. The molecule has 0 spiro atoms. The number of esters is 1. The van der Waals surface area contributed by atoms with E-state index in [0.717, 1.165) is 5.56 Å². The fraction of sp³-hybridized carbons (Fsp3) is 0.417. The van der Waals surface area contributed by atoms with Gasteiger partial charge >= 0.3 is 5.97 Å². The van der Waals surface area contributed by atoms with Crippen molar-refractivity contribution in [2.24, 2.45) is 0 Å². The third-order valence-electron chi connectivity index (χ3n) is 2.32. The van der Waals surface area contributed by atoms with Gasteiger partial charge in [0.25, 0.3) is 0 Å². The average Bonchev–Trinajstić information content (AvgIpc) is 2.28. The van der Waals surface area contributed by atoms with E-state index in [1.807, 2.05) is 0 Å². The lowest BCUT2D eigenvalue weighted by Crippen LogP contribution is -2.22. The van der Waals surface area contributed by atoms with Crippen molar-refractivity contribution in [1.82, 2.24) is 0 Å². The minimum Gasteiger partial charge on any atom is -0.508 e. The highest BCUT2D eigenvalue weighted by molar-refractivity contribution is 5.77. The van der Waals surface area contributed by atoms with Crippen molar-refractivity contribution in [2.45, 2.75) is 25.9 Å². The topological polar surface area (TPSA) is 66.8 Å². The Labute approximate surface area is 94.5 Å². The van der Waals surface area contributed by atoms with E-state index in [1.54, 1.807) is 26.0 Å². The van der Waals surface area contributed by atoms with Crippen LogP contribution < -0.4 is 0 Å². The molecule has 0 fully saturated rings. The van der Waals surface area contributed by atoms with Crippen LogP contribution in [0.5, 0.6) is 5.75 Å². The van der Waals surface area contributed by atoms with Crippen LogP contribution in [0.2, 0.25) is 0 Å². The summed E-state index contributed by atoms with van der Waals surface area (Å²) in [6.45, 7) is 3.16. The van der Waals surface area contributed by atoms with E-state index in [-0.39, 0.29) is 18.3 Å². The number of aliphatic hydroxyl groups is 1. The summed E-state index contributed by atoms with van der Waals surface area (Å²) in [5.74, 6) is -0.630. The molecule has 0 aromatic heterocycles. The predicted octanol–water partition coefficient (Wildman–Crippen LogP) is 1.42. The van der Waals surface area contributed by atoms with Crippen LogP contribution in [0.3, 0.4) is 0 Å². The van der Waals surface area contributed by atoms with Crippen LogP contribution in [0.25, 0.3) is 0 Å². The summed E-state index contributed by atoms with van der Waals surface area (Å²) in [5.41, 5.74) is 0.771. The molecule has 0 saturated heterocycles. The lowest BCUT2D eigenvalue weighted by atomic mass is 10.0. The van der Waals surface area contributed by atoms with Crippen LogP contribution >= 0.6 is 0 Å². The van der Waals surface area contributed by atoms with Gasteiger partial charge in [-0.25, -0.2) is 0 Å². The van der Waals surface area contributed by atoms with Gasteiger partial charge in [0.05, 0.1) is 12.5 Å². The van der Waals surface area contributed by atoms with Crippen LogP contribution in [0.1, 0.15) is 25.3 Å². The van der Waals surface area contributed by atoms with Gasteiger partial charge < -0.3 is 14.9 Å². The van der Waals surface area contributed by atoms with E-state index in [2.05, 4.69) is 0 Å². The van der Waals surface area contributed by atoms with Gasteiger partial charge in [-0.15, -0.1) is 0 Å². The number of rotatable bonds is 4. The highest BCUT2D eigenvalue weighted by Crippen LogP contribution is 2.20. The SMILES string of the molecule is CC(CO)OC(=O)C(C)c1ccc(O)cc1. The molecule has 0 aliphatic heterocycles. The Bertz CT molecular complexity index is 345. The Kier molecular flexibility index (Phi) is 4.31. The number of carbonyl (C=O) groups excluding carboxylic acids is 1. The van der Waals surface area contributed by atoms with E-state index in [1.165, 1.54) is 12.1 Å². The number of ether oxygens (including phenoxy) is 1. The Balaban J connectivity index is 2.66. The van der Waals surface area contributed by atoms with E-state index in [9.17, 15) is 4.79 Å². The summed E-state index contributed by atoms with van der Waals surface area (Å²) in [7, 11) is 0.